The van der Waals surface area contributed by atoms with Gasteiger partial charge in [-0.1, -0.05) is 0 Å². The molecular formula is C14H14N2O4S. The molecule has 2 N–H and O–H groups in total. The molecule has 2 rings (SSSR count). The van der Waals surface area contributed by atoms with Gasteiger partial charge in [0.25, 0.3) is 10.1 Å². The monoisotopic (exact) mass is 306 g/mol. The van der Waals surface area contributed by atoms with E-state index in [4.69, 9.17) is 4.55 Å². The first-order valence-electron chi connectivity index (χ1n) is 6.07. The Morgan fingerprint density at radius 1 is 0.952 bits per heavy atom. The molecule has 0 spiro atoms. The minimum atomic E-state index is -4.20. The second-order valence-corrected chi connectivity index (χ2v) is 6.02. The van der Waals surface area contributed by atoms with E-state index in [1.807, 2.05) is 13.8 Å². The summed E-state index contributed by atoms with van der Waals surface area (Å²) >= 11 is 0. The van der Waals surface area contributed by atoms with Crippen LogP contribution in [0, 0.1) is 13.8 Å². The van der Waals surface area contributed by atoms with Gasteiger partial charge in [-0.25, -0.2) is 0 Å². The molecule has 0 fully saturated rings. The van der Waals surface area contributed by atoms with Crippen LogP contribution in [0.4, 0.5) is 11.4 Å². The number of aryl methyl sites for hydroxylation is 2. The molecular weight excluding hydrogens is 292 g/mol. The van der Waals surface area contributed by atoms with Crippen LogP contribution >= 0.6 is 0 Å². The van der Waals surface area contributed by atoms with Crippen molar-refractivity contribution in [2.75, 3.05) is 0 Å². The van der Waals surface area contributed by atoms with Crippen molar-refractivity contribution in [3.8, 4) is 5.75 Å². The van der Waals surface area contributed by atoms with E-state index in [0.29, 0.717) is 11.4 Å². The van der Waals surface area contributed by atoms with Gasteiger partial charge in [0.1, 0.15) is 5.75 Å². The summed E-state index contributed by atoms with van der Waals surface area (Å²) in [4.78, 5) is -0.196. The fourth-order valence-electron chi connectivity index (χ4n) is 1.88. The summed E-state index contributed by atoms with van der Waals surface area (Å²) in [5, 5.41) is 17.6. The van der Waals surface area contributed by atoms with E-state index in [1.54, 1.807) is 12.1 Å². The number of azo groups is 1. The number of hydrogen-bond donors (Lipinski definition) is 2. The number of aromatic hydroxyl groups is 1. The molecule has 0 radical (unpaired) electrons. The maximum atomic E-state index is 10.9. The quantitative estimate of drug-likeness (QED) is 0.667. The maximum Gasteiger partial charge on any atom is 0.294 e. The molecule has 2 aromatic rings. The second kappa shape index (κ2) is 5.63. The van der Waals surface area contributed by atoms with E-state index in [1.165, 1.54) is 24.3 Å². The van der Waals surface area contributed by atoms with Crippen LogP contribution in [-0.2, 0) is 10.1 Å². The predicted octanol–water partition coefficient (Wildman–Crippen LogP) is 3.67. The van der Waals surface area contributed by atoms with E-state index >= 15 is 0 Å². The number of phenolic OH excluding ortho intramolecular Hbond substituents is 1. The zero-order valence-electron chi connectivity index (χ0n) is 11.5. The lowest BCUT2D eigenvalue weighted by atomic mass is 10.1. The van der Waals surface area contributed by atoms with Crippen LogP contribution in [0.15, 0.2) is 51.5 Å². The molecule has 21 heavy (non-hydrogen) atoms. The van der Waals surface area contributed by atoms with Crippen LogP contribution in [0.5, 0.6) is 5.75 Å². The van der Waals surface area contributed by atoms with Crippen molar-refractivity contribution in [3.63, 3.8) is 0 Å². The fraction of sp³-hybridized carbons (Fsp3) is 0.143. The highest BCUT2D eigenvalue weighted by atomic mass is 32.2. The number of hydrogen-bond acceptors (Lipinski definition) is 5. The van der Waals surface area contributed by atoms with Crippen molar-refractivity contribution in [1.82, 2.24) is 0 Å². The molecule has 110 valence electrons. The van der Waals surface area contributed by atoms with Crippen LogP contribution in [0.3, 0.4) is 0 Å². The van der Waals surface area contributed by atoms with Gasteiger partial charge in [-0.15, -0.1) is 0 Å². The molecule has 0 saturated carbocycles. The molecule has 0 amide bonds. The minimum Gasteiger partial charge on any atom is -0.508 e. The van der Waals surface area contributed by atoms with Crippen molar-refractivity contribution in [2.24, 2.45) is 10.2 Å². The number of rotatable bonds is 3. The highest BCUT2D eigenvalue weighted by Crippen LogP contribution is 2.29. The number of benzene rings is 2. The summed E-state index contributed by atoms with van der Waals surface area (Å²) in [7, 11) is -4.20. The van der Waals surface area contributed by atoms with Crippen molar-refractivity contribution >= 4 is 21.5 Å². The van der Waals surface area contributed by atoms with E-state index in [0.717, 1.165) is 11.1 Å². The lowest BCUT2D eigenvalue weighted by molar-refractivity contribution is 0.474. The van der Waals surface area contributed by atoms with Gasteiger partial charge in [-0.3, -0.25) is 4.55 Å². The number of nitrogens with zero attached hydrogens (tertiary/aromatic N) is 2. The Balaban J connectivity index is 2.30. The van der Waals surface area contributed by atoms with Gasteiger partial charge in [0, 0.05) is 0 Å². The van der Waals surface area contributed by atoms with Crippen LogP contribution in [-0.4, -0.2) is 18.1 Å². The minimum absolute atomic E-state index is 0.168. The van der Waals surface area contributed by atoms with Gasteiger partial charge in [-0.05, 0) is 61.4 Å². The van der Waals surface area contributed by atoms with Gasteiger partial charge in [0.05, 0.1) is 16.3 Å². The van der Waals surface area contributed by atoms with Crippen molar-refractivity contribution in [3.05, 3.63) is 47.5 Å². The largest absolute Gasteiger partial charge is 0.508 e. The van der Waals surface area contributed by atoms with Gasteiger partial charge in [0.15, 0.2) is 0 Å². The fourth-order valence-corrected chi connectivity index (χ4v) is 2.36. The lowest BCUT2D eigenvalue weighted by Crippen LogP contribution is -1.96. The highest BCUT2D eigenvalue weighted by molar-refractivity contribution is 7.85. The van der Waals surface area contributed by atoms with Gasteiger partial charge in [-0.2, -0.15) is 18.6 Å². The van der Waals surface area contributed by atoms with Crippen LogP contribution in [0.1, 0.15) is 11.1 Å². The van der Waals surface area contributed by atoms with E-state index in [2.05, 4.69) is 10.2 Å². The molecule has 0 aliphatic rings. The maximum absolute atomic E-state index is 10.9. The Bertz CT molecular complexity index is 773. The van der Waals surface area contributed by atoms with Crippen molar-refractivity contribution < 1.29 is 18.1 Å². The average Bonchev–Trinajstić information content (AvgIpc) is 2.37. The van der Waals surface area contributed by atoms with Crippen LogP contribution in [0.2, 0.25) is 0 Å². The van der Waals surface area contributed by atoms with Gasteiger partial charge < -0.3 is 5.11 Å². The third-order valence-electron chi connectivity index (χ3n) is 2.88. The molecule has 0 aliphatic heterocycles. The Morgan fingerprint density at radius 3 is 1.95 bits per heavy atom. The summed E-state index contributed by atoms with van der Waals surface area (Å²) in [6, 6.07) is 8.56. The van der Waals surface area contributed by atoms with Crippen LogP contribution < -0.4 is 0 Å². The molecule has 0 heterocycles. The topological polar surface area (TPSA) is 99.3 Å². The normalized spacial score (nSPS) is 12.0. The molecule has 0 atom stereocenters. The molecule has 0 saturated heterocycles. The first-order valence-corrected chi connectivity index (χ1v) is 7.51. The standard InChI is InChI=1S/C14H14N2O4S/c1-9-7-12(17)8-10(2)14(9)16-15-11-3-5-13(6-4-11)21(18,19)20/h3-8,17H,1-2H3,(H,18,19,20). The van der Waals surface area contributed by atoms with Gasteiger partial charge in [0.2, 0.25) is 0 Å². The average molecular weight is 306 g/mol. The van der Waals surface area contributed by atoms with Crippen molar-refractivity contribution in [2.45, 2.75) is 18.7 Å². The van der Waals surface area contributed by atoms with E-state index < -0.39 is 10.1 Å². The molecule has 0 aliphatic carbocycles. The molecule has 0 unspecified atom stereocenters. The Hall–Kier alpha value is -2.25. The Labute approximate surface area is 122 Å². The summed E-state index contributed by atoms with van der Waals surface area (Å²) in [5.41, 5.74) is 2.66. The van der Waals surface area contributed by atoms with Crippen molar-refractivity contribution in [1.29, 1.82) is 0 Å². The number of phenols is 1. The molecule has 7 heteroatoms. The summed E-state index contributed by atoms with van der Waals surface area (Å²) < 4.78 is 30.7. The van der Waals surface area contributed by atoms with E-state index in [9.17, 15) is 13.5 Å². The van der Waals surface area contributed by atoms with Gasteiger partial charge >= 0.3 is 0 Å². The third-order valence-corrected chi connectivity index (χ3v) is 3.74. The summed E-state index contributed by atoms with van der Waals surface area (Å²) in [5.74, 6) is 0.168. The summed E-state index contributed by atoms with van der Waals surface area (Å²) in [6.45, 7) is 3.62. The predicted molar refractivity (Wildman–Crippen MR) is 78.0 cm³/mol. The Kier molecular flexibility index (Phi) is 4.06. The zero-order valence-corrected chi connectivity index (χ0v) is 12.3. The third kappa shape index (κ3) is 3.65. The Morgan fingerprint density at radius 2 is 1.48 bits per heavy atom. The highest BCUT2D eigenvalue weighted by Gasteiger charge is 2.08. The summed E-state index contributed by atoms with van der Waals surface area (Å²) in [6.07, 6.45) is 0. The lowest BCUT2D eigenvalue weighted by Gasteiger charge is -2.04. The molecule has 2 aromatic carbocycles. The molecule has 0 aromatic heterocycles. The second-order valence-electron chi connectivity index (χ2n) is 4.60. The smallest absolute Gasteiger partial charge is 0.294 e. The zero-order chi connectivity index (χ0) is 15.6. The van der Waals surface area contributed by atoms with Crippen LogP contribution in [0.25, 0.3) is 0 Å². The molecule has 0 bridgehead atoms. The van der Waals surface area contributed by atoms with E-state index in [-0.39, 0.29) is 10.6 Å². The first-order chi connectivity index (χ1) is 9.77. The SMILES string of the molecule is Cc1cc(O)cc(C)c1N=Nc1ccc(S(=O)(=O)O)cc1. The molecule has 6 nitrogen and oxygen atoms in total. The first kappa shape index (κ1) is 15.1.